The Morgan fingerprint density at radius 2 is 2.00 bits per heavy atom. The Hall–Kier alpha value is -0.930. The van der Waals surface area contributed by atoms with Crippen LogP contribution in [-0.2, 0) is 10.0 Å². The Kier molecular flexibility index (Phi) is 6.27. The van der Waals surface area contributed by atoms with E-state index in [4.69, 9.17) is 17.3 Å². The van der Waals surface area contributed by atoms with Gasteiger partial charge in [0.15, 0.2) is 0 Å². The zero-order valence-electron chi connectivity index (χ0n) is 13.7. The third kappa shape index (κ3) is 3.83. The average Bonchev–Trinajstić information content (AvgIpc) is 2.43. The van der Waals surface area contributed by atoms with Gasteiger partial charge in [0.2, 0.25) is 10.0 Å². The van der Waals surface area contributed by atoms with E-state index in [-0.39, 0.29) is 46.9 Å². The molecule has 0 aromatic heterocycles. The predicted molar refractivity (Wildman–Crippen MR) is 95.2 cm³/mol. The minimum atomic E-state index is -3.92. The van der Waals surface area contributed by atoms with E-state index >= 15 is 0 Å². The smallest absolute Gasteiger partial charge is 0.289 e. The van der Waals surface area contributed by atoms with Crippen LogP contribution in [-0.4, -0.2) is 36.8 Å². The number of halogens is 2. The van der Waals surface area contributed by atoms with Crippen molar-refractivity contribution in [1.29, 1.82) is 0 Å². The van der Waals surface area contributed by atoms with Gasteiger partial charge in [-0.25, -0.2) is 8.42 Å². The first kappa shape index (κ1) is 21.1. The third-order valence-corrected chi connectivity index (χ3v) is 6.63. The van der Waals surface area contributed by atoms with Gasteiger partial charge in [-0.2, -0.15) is 4.31 Å². The van der Waals surface area contributed by atoms with E-state index in [9.17, 15) is 18.5 Å². The van der Waals surface area contributed by atoms with Crippen LogP contribution in [0, 0.1) is 22.5 Å². The van der Waals surface area contributed by atoms with E-state index in [2.05, 4.69) is 0 Å². The van der Waals surface area contributed by atoms with Gasteiger partial charge >= 0.3 is 0 Å². The largest absolute Gasteiger partial charge is 0.327 e. The first-order chi connectivity index (χ1) is 10.5. The molecule has 1 aromatic carbocycles. The molecule has 136 valence electrons. The van der Waals surface area contributed by atoms with Crippen LogP contribution in [0.2, 0.25) is 5.02 Å². The summed E-state index contributed by atoms with van der Waals surface area (Å²) in [5, 5.41) is 10.7. The van der Waals surface area contributed by atoms with Gasteiger partial charge < -0.3 is 5.73 Å². The molecule has 1 unspecified atom stereocenters. The first-order valence-electron chi connectivity index (χ1n) is 7.17. The van der Waals surface area contributed by atoms with Crippen molar-refractivity contribution in [3.8, 4) is 0 Å². The van der Waals surface area contributed by atoms with E-state index < -0.39 is 20.6 Å². The summed E-state index contributed by atoms with van der Waals surface area (Å²) < 4.78 is 27.1. The Morgan fingerprint density at radius 1 is 1.42 bits per heavy atom. The summed E-state index contributed by atoms with van der Waals surface area (Å²) in [6.07, 6.45) is 0.526. The van der Waals surface area contributed by atoms with Crippen molar-refractivity contribution in [1.82, 2.24) is 4.31 Å². The molecule has 0 bridgehead atoms. The van der Waals surface area contributed by atoms with Gasteiger partial charge in [0.05, 0.1) is 4.92 Å². The van der Waals surface area contributed by atoms with E-state index in [1.165, 1.54) is 16.4 Å². The van der Waals surface area contributed by atoms with Crippen LogP contribution < -0.4 is 5.73 Å². The Bertz CT molecular complexity index is 753. The second kappa shape index (κ2) is 7.13. The molecule has 24 heavy (non-hydrogen) atoms. The molecule has 1 heterocycles. The summed E-state index contributed by atoms with van der Waals surface area (Å²) in [6.45, 7) is 5.91. The zero-order chi connectivity index (χ0) is 17.6. The standard InChI is InChI=1S/C14H20ClN3O4S.ClH/c1-9-6-10(18(19)20)13(15)11(7-9)23(21,22)17-5-4-12(16)14(2,3)8-17;/h6-7,12H,4-5,8,16H2,1-3H3;1H. The maximum atomic E-state index is 12.9. The monoisotopic (exact) mass is 397 g/mol. The number of benzene rings is 1. The summed E-state index contributed by atoms with van der Waals surface area (Å²) in [5.74, 6) is 0. The SMILES string of the molecule is Cc1cc([N+](=O)[O-])c(Cl)c(S(=O)(=O)N2CCC(N)C(C)(C)C2)c1.Cl. The number of aryl methyl sites for hydroxylation is 1. The van der Waals surface area contributed by atoms with Crippen LogP contribution in [0.15, 0.2) is 17.0 Å². The van der Waals surface area contributed by atoms with Gasteiger partial charge in [-0.05, 0) is 30.4 Å². The molecule has 1 aromatic rings. The lowest BCUT2D eigenvalue weighted by Crippen LogP contribution is -2.53. The van der Waals surface area contributed by atoms with Crippen LogP contribution in [0.4, 0.5) is 5.69 Å². The lowest BCUT2D eigenvalue weighted by molar-refractivity contribution is -0.385. The normalized spacial score (nSPS) is 21.1. The number of sulfonamides is 1. The first-order valence-corrected chi connectivity index (χ1v) is 8.99. The molecular formula is C14H21Cl2N3O4S. The molecule has 1 aliphatic rings. The highest BCUT2D eigenvalue weighted by atomic mass is 35.5. The molecule has 0 radical (unpaired) electrons. The molecule has 1 fully saturated rings. The summed E-state index contributed by atoms with van der Waals surface area (Å²) in [7, 11) is -3.92. The number of rotatable bonds is 3. The Balaban J connectivity index is 0.00000288. The van der Waals surface area contributed by atoms with Crippen molar-refractivity contribution in [3.05, 3.63) is 32.8 Å². The summed E-state index contributed by atoms with van der Waals surface area (Å²) >= 11 is 6.01. The minimum Gasteiger partial charge on any atom is -0.327 e. The Labute approximate surface area is 152 Å². The third-order valence-electron chi connectivity index (χ3n) is 4.26. The van der Waals surface area contributed by atoms with Gasteiger partial charge in [0.25, 0.3) is 5.69 Å². The molecule has 0 spiro atoms. The highest BCUT2D eigenvalue weighted by molar-refractivity contribution is 7.89. The van der Waals surface area contributed by atoms with Gasteiger partial charge in [-0.3, -0.25) is 10.1 Å². The van der Waals surface area contributed by atoms with Crippen LogP contribution in [0.5, 0.6) is 0 Å². The van der Waals surface area contributed by atoms with Gasteiger partial charge in [0.1, 0.15) is 9.92 Å². The predicted octanol–water partition coefficient (Wildman–Crippen LogP) is 2.73. The number of nitrogens with two attached hydrogens (primary N) is 1. The van der Waals surface area contributed by atoms with Crippen LogP contribution in [0.25, 0.3) is 0 Å². The maximum Gasteiger partial charge on any atom is 0.289 e. The molecule has 7 nitrogen and oxygen atoms in total. The lowest BCUT2D eigenvalue weighted by atomic mass is 9.81. The van der Waals surface area contributed by atoms with Crippen LogP contribution >= 0.6 is 24.0 Å². The van der Waals surface area contributed by atoms with E-state index in [0.717, 1.165) is 0 Å². The number of piperidine rings is 1. The molecular weight excluding hydrogens is 377 g/mol. The number of nitrogens with zero attached hydrogens (tertiary/aromatic N) is 2. The summed E-state index contributed by atoms with van der Waals surface area (Å²) in [4.78, 5) is 10.2. The topological polar surface area (TPSA) is 107 Å². The zero-order valence-corrected chi connectivity index (χ0v) is 16.0. The second-order valence-electron chi connectivity index (χ2n) is 6.58. The molecule has 2 N–H and O–H groups in total. The van der Waals surface area contributed by atoms with E-state index in [1.807, 2.05) is 13.8 Å². The highest BCUT2D eigenvalue weighted by Crippen LogP contribution is 2.37. The van der Waals surface area contributed by atoms with Gasteiger partial charge in [0, 0.05) is 25.2 Å². The van der Waals surface area contributed by atoms with Crippen molar-refractivity contribution in [2.45, 2.75) is 38.1 Å². The maximum absolute atomic E-state index is 12.9. The summed E-state index contributed by atoms with van der Waals surface area (Å²) in [5.41, 5.74) is 5.72. The minimum absolute atomic E-state index is 0. The molecule has 1 atom stereocenters. The Morgan fingerprint density at radius 3 is 2.50 bits per heavy atom. The quantitative estimate of drug-likeness (QED) is 0.622. The molecule has 2 rings (SSSR count). The second-order valence-corrected chi connectivity index (χ2v) is 8.86. The summed E-state index contributed by atoms with van der Waals surface area (Å²) in [6, 6.07) is 2.53. The van der Waals surface area contributed by atoms with Gasteiger partial charge in [-0.1, -0.05) is 25.4 Å². The highest BCUT2D eigenvalue weighted by Gasteiger charge is 2.40. The molecule has 0 saturated carbocycles. The van der Waals surface area contributed by atoms with Crippen molar-refractivity contribution in [2.75, 3.05) is 13.1 Å². The molecule has 10 heteroatoms. The lowest BCUT2D eigenvalue weighted by Gasteiger charge is -2.41. The molecule has 0 amide bonds. The van der Waals surface area contributed by atoms with Crippen molar-refractivity contribution < 1.29 is 13.3 Å². The number of hydrogen-bond donors (Lipinski definition) is 1. The number of nitro benzene ring substituents is 1. The number of nitro groups is 1. The fourth-order valence-electron chi connectivity index (χ4n) is 2.71. The van der Waals surface area contributed by atoms with Crippen molar-refractivity contribution >= 4 is 39.7 Å². The molecule has 1 aliphatic heterocycles. The van der Waals surface area contributed by atoms with E-state index in [1.54, 1.807) is 6.92 Å². The fourth-order valence-corrected chi connectivity index (χ4v) is 4.97. The molecule has 0 aliphatic carbocycles. The van der Waals surface area contributed by atoms with E-state index in [0.29, 0.717) is 12.0 Å². The van der Waals surface area contributed by atoms with Crippen molar-refractivity contribution in [3.63, 3.8) is 0 Å². The van der Waals surface area contributed by atoms with Gasteiger partial charge in [-0.15, -0.1) is 12.4 Å². The van der Waals surface area contributed by atoms with Crippen molar-refractivity contribution in [2.24, 2.45) is 11.1 Å². The number of hydrogen-bond acceptors (Lipinski definition) is 5. The molecule has 1 saturated heterocycles. The van der Waals surface area contributed by atoms with Crippen LogP contribution in [0.1, 0.15) is 25.8 Å². The average molecular weight is 398 g/mol. The van der Waals surface area contributed by atoms with Crippen LogP contribution in [0.3, 0.4) is 0 Å². The fraction of sp³-hybridized carbons (Fsp3) is 0.571.